The van der Waals surface area contributed by atoms with Gasteiger partial charge in [-0.05, 0) is 29.3 Å². The fourth-order valence-corrected chi connectivity index (χ4v) is 3.22. The monoisotopic (exact) mass is 347 g/mol. The molecule has 1 saturated heterocycles. The van der Waals surface area contributed by atoms with Crippen molar-refractivity contribution in [3.63, 3.8) is 0 Å². The SMILES string of the molecule is O=C(c1ccc(Cn2cccn2)cc1)N1CCO[C@H](c2ccccc2)C1. The van der Waals surface area contributed by atoms with Gasteiger partial charge >= 0.3 is 0 Å². The number of morpholine rings is 1. The zero-order chi connectivity index (χ0) is 17.8. The molecule has 1 aromatic heterocycles. The highest BCUT2D eigenvalue weighted by Crippen LogP contribution is 2.23. The maximum Gasteiger partial charge on any atom is 0.254 e. The molecule has 5 nitrogen and oxygen atoms in total. The third kappa shape index (κ3) is 3.68. The van der Waals surface area contributed by atoms with Crippen molar-refractivity contribution in [2.24, 2.45) is 0 Å². The van der Waals surface area contributed by atoms with Gasteiger partial charge in [0.2, 0.25) is 0 Å². The van der Waals surface area contributed by atoms with Crippen LogP contribution in [-0.2, 0) is 11.3 Å². The molecule has 4 rings (SSSR count). The van der Waals surface area contributed by atoms with Crippen molar-refractivity contribution in [2.75, 3.05) is 19.7 Å². The molecule has 1 amide bonds. The summed E-state index contributed by atoms with van der Waals surface area (Å²) < 4.78 is 7.72. The molecule has 1 aliphatic rings. The van der Waals surface area contributed by atoms with Gasteiger partial charge in [-0.2, -0.15) is 5.10 Å². The lowest BCUT2D eigenvalue weighted by Crippen LogP contribution is -2.42. The molecule has 2 aromatic carbocycles. The van der Waals surface area contributed by atoms with Crippen molar-refractivity contribution in [1.29, 1.82) is 0 Å². The Bertz CT molecular complexity index is 845. The van der Waals surface area contributed by atoms with Crippen LogP contribution in [0.15, 0.2) is 73.1 Å². The average molecular weight is 347 g/mol. The standard InChI is InChI=1S/C21H21N3O2/c25-21(19-9-7-17(8-10-19)15-24-12-4-11-22-24)23-13-14-26-20(16-23)18-5-2-1-3-6-18/h1-12,20H,13-16H2/t20-/m0/s1. The molecule has 5 heteroatoms. The highest BCUT2D eigenvalue weighted by Gasteiger charge is 2.25. The maximum absolute atomic E-state index is 12.9. The number of ether oxygens (including phenoxy) is 1. The summed E-state index contributed by atoms with van der Waals surface area (Å²) in [6.07, 6.45) is 3.63. The van der Waals surface area contributed by atoms with Crippen molar-refractivity contribution in [3.05, 3.63) is 89.7 Å². The lowest BCUT2D eigenvalue weighted by Gasteiger charge is -2.33. The first-order valence-corrected chi connectivity index (χ1v) is 8.82. The van der Waals surface area contributed by atoms with E-state index in [0.29, 0.717) is 31.8 Å². The van der Waals surface area contributed by atoms with Gasteiger partial charge in [-0.25, -0.2) is 0 Å². The van der Waals surface area contributed by atoms with Crippen LogP contribution in [0.25, 0.3) is 0 Å². The van der Waals surface area contributed by atoms with Gasteiger partial charge in [0.1, 0.15) is 6.10 Å². The van der Waals surface area contributed by atoms with E-state index in [2.05, 4.69) is 5.10 Å². The summed E-state index contributed by atoms with van der Waals surface area (Å²) in [7, 11) is 0. The van der Waals surface area contributed by atoms with Crippen LogP contribution in [0, 0.1) is 0 Å². The summed E-state index contributed by atoms with van der Waals surface area (Å²) in [4.78, 5) is 14.7. The van der Waals surface area contributed by atoms with Crippen LogP contribution in [0.5, 0.6) is 0 Å². The molecule has 0 radical (unpaired) electrons. The van der Waals surface area contributed by atoms with Crippen molar-refractivity contribution >= 4 is 5.91 Å². The van der Waals surface area contributed by atoms with Gasteiger partial charge in [0.15, 0.2) is 0 Å². The first kappa shape index (κ1) is 16.5. The second-order valence-corrected chi connectivity index (χ2v) is 6.42. The molecule has 1 atom stereocenters. The normalized spacial score (nSPS) is 17.2. The summed E-state index contributed by atoms with van der Waals surface area (Å²) in [5, 5.41) is 4.21. The summed E-state index contributed by atoms with van der Waals surface area (Å²) in [6, 6.07) is 19.7. The third-order valence-corrected chi connectivity index (χ3v) is 4.63. The largest absolute Gasteiger partial charge is 0.370 e. The number of rotatable bonds is 4. The third-order valence-electron chi connectivity index (χ3n) is 4.63. The minimum Gasteiger partial charge on any atom is -0.370 e. The Hall–Kier alpha value is -2.92. The first-order chi connectivity index (χ1) is 12.8. The topological polar surface area (TPSA) is 47.4 Å². The number of benzene rings is 2. The lowest BCUT2D eigenvalue weighted by atomic mass is 10.1. The van der Waals surface area contributed by atoms with Crippen LogP contribution < -0.4 is 0 Å². The molecule has 0 bridgehead atoms. The molecular formula is C21H21N3O2. The highest BCUT2D eigenvalue weighted by molar-refractivity contribution is 5.94. The Kier molecular flexibility index (Phi) is 4.80. The second-order valence-electron chi connectivity index (χ2n) is 6.42. The Labute approximate surface area is 152 Å². The molecule has 0 spiro atoms. The number of carbonyl (C=O) groups excluding carboxylic acids is 1. The number of hydrogen-bond donors (Lipinski definition) is 0. The number of hydrogen-bond acceptors (Lipinski definition) is 3. The molecule has 0 aliphatic carbocycles. The lowest BCUT2D eigenvalue weighted by molar-refractivity contribution is -0.0228. The molecule has 0 N–H and O–H groups in total. The van der Waals surface area contributed by atoms with E-state index in [1.54, 1.807) is 6.20 Å². The van der Waals surface area contributed by atoms with Crippen LogP contribution in [0.3, 0.4) is 0 Å². The summed E-state index contributed by atoms with van der Waals surface area (Å²) in [6.45, 7) is 2.47. The van der Waals surface area contributed by atoms with Crippen LogP contribution in [0.2, 0.25) is 0 Å². The van der Waals surface area contributed by atoms with Crippen molar-refractivity contribution in [2.45, 2.75) is 12.6 Å². The predicted octanol–water partition coefficient (Wildman–Crippen LogP) is 3.15. The van der Waals surface area contributed by atoms with Crippen LogP contribution in [-0.4, -0.2) is 40.3 Å². The molecule has 1 fully saturated rings. The molecule has 0 unspecified atom stereocenters. The van der Waals surface area contributed by atoms with E-state index in [1.165, 1.54) is 0 Å². The van der Waals surface area contributed by atoms with Crippen LogP contribution >= 0.6 is 0 Å². The van der Waals surface area contributed by atoms with Gasteiger partial charge in [-0.3, -0.25) is 9.48 Å². The second kappa shape index (κ2) is 7.54. The fourth-order valence-electron chi connectivity index (χ4n) is 3.22. The predicted molar refractivity (Wildman–Crippen MR) is 98.8 cm³/mol. The van der Waals surface area contributed by atoms with Gasteiger partial charge in [0.25, 0.3) is 5.91 Å². The number of amides is 1. The van der Waals surface area contributed by atoms with E-state index in [9.17, 15) is 4.79 Å². The van der Waals surface area contributed by atoms with Gasteiger partial charge < -0.3 is 9.64 Å². The van der Waals surface area contributed by atoms with Crippen LogP contribution in [0.4, 0.5) is 0 Å². The molecule has 3 aromatic rings. The zero-order valence-electron chi connectivity index (χ0n) is 14.5. The summed E-state index contributed by atoms with van der Waals surface area (Å²) in [5.41, 5.74) is 2.94. The molecule has 1 aliphatic heterocycles. The number of carbonyl (C=O) groups is 1. The maximum atomic E-state index is 12.9. The number of nitrogens with zero attached hydrogens (tertiary/aromatic N) is 3. The van der Waals surface area contributed by atoms with E-state index < -0.39 is 0 Å². The quantitative estimate of drug-likeness (QED) is 0.728. The van der Waals surface area contributed by atoms with Gasteiger partial charge in [0, 0.05) is 24.5 Å². The van der Waals surface area contributed by atoms with E-state index in [1.807, 2.05) is 76.4 Å². The van der Waals surface area contributed by atoms with Crippen molar-refractivity contribution in [1.82, 2.24) is 14.7 Å². The minimum atomic E-state index is -0.0620. The van der Waals surface area contributed by atoms with E-state index >= 15 is 0 Å². The Morgan fingerprint density at radius 3 is 2.62 bits per heavy atom. The Morgan fingerprint density at radius 1 is 1.08 bits per heavy atom. The number of aromatic nitrogens is 2. The van der Waals surface area contributed by atoms with E-state index in [0.717, 1.165) is 11.1 Å². The fraction of sp³-hybridized carbons (Fsp3) is 0.238. The molecule has 132 valence electrons. The van der Waals surface area contributed by atoms with Crippen molar-refractivity contribution in [3.8, 4) is 0 Å². The van der Waals surface area contributed by atoms with E-state index in [4.69, 9.17) is 4.74 Å². The zero-order valence-corrected chi connectivity index (χ0v) is 14.5. The summed E-state index contributed by atoms with van der Waals surface area (Å²) in [5.74, 6) is 0.0554. The Balaban J connectivity index is 1.43. The average Bonchev–Trinajstić information content (AvgIpc) is 3.22. The van der Waals surface area contributed by atoms with Gasteiger partial charge in [-0.1, -0.05) is 42.5 Å². The van der Waals surface area contributed by atoms with Gasteiger partial charge in [-0.15, -0.1) is 0 Å². The molecular weight excluding hydrogens is 326 g/mol. The minimum absolute atomic E-state index is 0.0554. The van der Waals surface area contributed by atoms with Crippen LogP contribution in [0.1, 0.15) is 27.6 Å². The first-order valence-electron chi connectivity index (χ1n) is 8.82. The molecule has 2 heterocycles. The Morgan fingerprint density at radius 2 is 1.88 bits per heavy atom. The van der Waals surface area contributed by atoms with Gasteiger partial charge in [0.05, 0.1) is 19.7 Å². The molecule has 26 heavy (non-hydrogen) atoms. The molecule has 0 saturated carbocycles. The summed E-state index contributed by atoms with van der Waals surface area (Å²) >= 11 is 0. The van der Waals surface area contributed by atoms with E-state index in [-0.39, 0.29) is 12.0 Å². The van der Waals surface area contributed by atoms with Crippen molar-refractivity contribution < 1.29 is 9.53 Å². The highest BCUT2D eigenvalue weighted by atomic mass is 16.5. The smallest absolute Gasteiger partial charge is 0.254 e.